The standard InChI is InChI=1S/C24H25F3N2O2S/c1-4-5-12-28-14-17(3)23-20-11-8-18(24(25,26)27)13-21(20)29(22(23)15-28)32(30,31)19-9-6-16(2)7-10-19/h6-11,13H,3-5,12,14-15H2,1-2H3. The first-order valence-electron chi connectivity index (χ1n) is 10.5. The van der Waals surface area contributed by atoms with E-state index in [4.69, 9.17) is 0 Å². The van der Waals surface area contributed by atoms with E-state index in [9.17, 15) is 21.6 Å². The molecule has 0 fully saturated rings. The molecule has 1 aliphatic heterocycles. The van der Waals surface area contributed by atoms with Crippen LogP contribution in [0, 0.1) is 6.92 Å². The number of aromatic nitrogens is 1. The van der Waals surface area contributed by atoms with Crippen LogP contribution in [0.1, 0.15) is 42.1 Å². The fraction of sp³-hybridized carbons (Fsp3) is 0.333. The van der Waals surface area contributed by atoms with Crippen LogP contribution in [-0.2, 0) is 22.7 Å². The number of unbranched alkanes of at least 4 members (excludes halogenated alkanes) is 1. The highest BCUT2D eigenvalue weighted by atomic mass is 32.2. The number of alkyl halides is 3. The van der Waals surface area contributed by atoms with Crippen LogP contribution < -0.4 is 0 Å². The van der Waals surface area contributed by atoms with Crippen molar-refractivity contribution in [3.8, 4) is 0 Å². The van der Waals surface area contributed by atoms with Crippen molar-refractivity contribution >= 4 is 26.5 Å². The molecule has 0 radical (unpaired) electrons. The van der Waals surface area contributed by atoms with Crippen LogP contribution in [0.5, 0.6) is 0 Å². The molecule has 0 unspecified atom stereocenters. The van der Waals surface area contributed by atoms with Crippen LogP contribution in [0.2, 0.25) is 0 Å². The van der Waals surface area contributed by atoms with Gasteiger partial charge >= 0.3 is 6.18 Å². The van der Waals surface area contributed by atoms with Gasteiger partial charge in [-0.15, -0.1) is 0 Å². The molecular weight excluding hydrogens is 437 g/mol. The summed E-state index contributed by atoms with van der Waals surface area (Å²) in [6.07, 6.45) is -2.66. The van der Waals surface area contributed by atoms with Gasteiger partial charge in [-0.3, -0.25) is 4.90 Å². The Morgan fingerprint density at radius 3 is 2.38 bits per heavy atom. The highest BCUT2D eigenvalue weighted by molar-refractivity contribution is 7.90. The SMILES string of the molecule is C=C1CN(CCCC)Cc2c1c1ccc(C(F)(F)F)cc1n2S(=O)(=O)c1ccc(C)cc1. The minimum Gasteiger partial charge on any atom is -0.293 e. The minimum atomic E-state index is -4.58. The zero-order valence-electron chi connectivity index (χ0n) is 18.0. The zero-order valence-corrected chi connectivity index (χ0v) is 18.9. The molecule has 0 aliphatic carbocycles. The Labute approximate surface area is 186 Å². The van der Waals surface area contributed by atoms with Crippen LogP contribution >= 0.6 is 0 Å². The summed E-state index contributed by atoms with van der Waals surface area (Å²) in [5, 5.41) is 0.476. The Kier molecular flexibility index (Phi) is 5.71. The Bertz CT molecular complexity index is 1290. The fourth-order valence-corrected chi connectivity index (χ4v) is 5.81. The highest BCUT2D eigenvalue weighted by Gasteiger charge is 2.35. The molecule has 1 aromatic heterocycles. The average molecular weight is 463 g/mol. The molecular formula is C24H25F3N2O2S. The van der Waals surface area contributed by atoms with Crippen LogP contribution in [-0.4, -0.2) is 30.4 Å². The second-order valence-electron chi connectivity index (χ2n) is 8.30. The maximum absolute atomic E-state index is 13.7. The van der Waals surface area contributed by atoms with Gasteiger partial charge in [0.15, 0.2) is 0 Å². The number of hydrogen-bond donors (Lipinski definition) is 0. The van der Waals surface area contributed by atoms with Crippen molar-refractivity contribution in [1.29, 1.82) is 0 Å². The lowest BCUT2D eigenvalue weighted by molar-refractivity contribution is -0.137. The minimum absolute atomic E-state index is 0.0314. The molecule has 3 aromatic rings. The fourth-order valence-electron chi connectivity index (χ4n) is 4.27. The molecule has 0 saturated heterocycles. The van der Waals surface area contributed by atoms with Gasteiger partial charge in [-0.2, -0.15) is 13.2 Å². The number of rotatable bonds is 5. The third kappa shape index (κ3) is 3.86. The van der Waals surface area contributed by atoms with Gasteiger partial charge in [-0.25, -0.2) is 12.4 Å². The predicted molar refractivity (Wildman–Crippen MR) is 120 cm³/mol. The van der Waals surface area contributed by atoms with E-state index in [1.54, 1.807) is 12.1 Å². The summed E-state index contributed by atoms with van der Waals surface area (Å²) in [6, 6.07) is 9.64. The average Bonchev–Trinajstić information content (AvgIpc) is 3.06. The maximum Gasteiger partial charge on any atom is 0.416 e. The first-order valence-corrected chi connectivity index (χ1v) is 12.0. The normalized spacial score (nSPS) is 15.3. The molecule has 8 heteroatoms. The third-order valence-corrected chi connectivity index (χ3v) is 7.64. The molecule has 0 spiro atoms. The van der Waals surface area contributed by atoms with Crippen LogP contribution in [0.3, 0.4) is 0 Å². The molecule has 2 aromatic carbocycles. The molecule has 4 nitrogen and oxygen atoms in total. The molecule has 0 amide bonds. The number of halogens is 3. The van der Waals surface area contributed by atoms with Gasteiger partial charge in [-0.1, -0.05) is 43.7 Å². The van der Waals surface area contributed by atoms with E-state index in [1.807, 2.05) is 6.92 Å². The smallest absolute Gasteiger partial charge is 0.293 e. The Hall–Kier alpha value is -2.58. The molecule has 32 heavy (non-hydrogen) atoms. The second-order valence-corrected chi connectivity index (χ2v) is 10.1. The van der Waals surface area contributed by atoms with E-state index in [0.29, 0.717) is 35.3 Å². The van der Waals surface area contributed by atoms with E-state index in [1.165, 1.54) is 18.2 Å². The van der Waals surface area contributed by atoms with E-state index >= 15 is 0 Å². The van der Waals surface area contributed by atoms with Gasteiger partial charge in [0.1, 0.15) is 0 Å². The van der Waals surface area contributed by atoms with E-state index in [0.717, 1.165) is 41.1 Å². The van der Waals surface area contributed by atoms with Gasteiger partial charge in [0.2, 0.25) is 0 Å². The number of benzene rings is 2. The maximum atomic E-state index is 13.7. The van der Waals surface area contributed by atoms with Gasteiger partial charge in [0, 0.05) is 24.0 Å². The van der Waals surface area contributed by atoms with E-state index < -0.39 is 21.8 Å². The molecule has 0 saturated carbocycles. The van der Waals surface area contributed by atoms with Crippen LogP contribution in [0.15, 0.2) is 53.9 Å². The first kappa shape index (κ1) is 22.6. The molecule has 1 aliphatic rings. The Balaban J connectivity index is 2.01. The summed E-state index contributed by atoms with van der Waals surface area (Å²) in [4.78, 5) is 2.13. The van der Waals surface area contributed by atoms with Crippen LogP contribution in [0.25, 0.3) is 16.5 Å². The van der Waals surface area contributed by atoms with Crippen molar-refractivity contribution in [2.45, 2.75) is 44.3 Å². The Morgan fingerprint density at radius 2 is 1.75 bits per heavy atom. The molecule has 170 valence electrons. The Morgan fingerprint density at radius 1 is 1.06 bits per heavy atom. The van der Waals surface area contributed by atoms with Gasteiger partial charge < -0.3 is 0 Å². The third-order valence-electron chi connectivity index (χ3n) is 5.88. The lowest BCUT2D eigenvalue weighted by Crippen LogP contribution is -2.32. The van der Waals surface area contributed by atoms with Gasteiger partial charge in [0.25, 0.3) is 10.0 Å². The van der Waals surface area contributed by atoms with Gasteiger partial charge in [0.05, 0.1) is 21.7 Å². The molecule has 2 heterocycles. The number of hydrogen-bond acceptors (Lipinski definition) is 3. The summed E-state index contributed by atoms with van der Waals surface area (Å²) < 4.78 is 69.0. The largest absolute Gasteiger partial charge is 0.416 e. The van der Waals surface area contributed by atoms with E-state index in [-0.39, 0.29) is 10.4 Å². The molecule has 0 N–H and O–H groups in total. The molecule has 4 rings (SSSR count). The molecule has 0 bridgehead atoms. The summed E-state index contributed by atoms with van der Waals surface area (Å²) in [5.74, 6) is 0. The number of fused-ring (bicyclic) bond motifs is 3. The summed E-state index contributed by atoms with van der Waals surface area (Å²) in [7, 11) is -4.13. The van der Waals surface area contributed by atoms with Gasteiger partial charge in [-0.05, 0) is 49.7 Å². The van der Waals surface area contributed by atoms with Crippen LogP contribution in [0.4, 0.5) is 13.2 Å². The van der Waals surface area contributed by atoms with Crippen molar-refractivity contribution in [3.63, 3.8) is 0 Å². The summed E-state index contributed by atoms with van der Waals surface area (Å²) in [6.45, 7) is 9.70. The molecule has 0 atom stereocenters. The first-order chi connectivity index (χ1) is 15.0. The van der Waals surface area contributed by atoms with Crippen molar-refractivity contribution in [1.82, 2.24) is 8.87 Å². The number of nitrogens with zero attached hydrogens (tertiary/aromatic N) is 2. The monoisotopic (exact) mass is 462 g/mol. The van der Waals surface area contributed by atoms with E-state index in [2.05, 4.69) is 18.4 Å². The summed E-state index contributed by atoms with van der Waals surface area (Å²) >= 11 is 0. The van der Waals surface area contributed by atoms with Crippen molar-refractivity contribution < 1.29 is 21.6 Å². The zero-order chi connectivity index (χ0) is 23.3. The predicted octanol–water partition coefficient (Wildman–Crippen LogP) is 5.83. The number of aryl methyl sites for hydroxylation is 1. The van der Waals surface area contributed by atoms with Crippen molar-refractivity contribution in [2.75, 3.05) is 13.1 Å². The van der Waals surface area contributed by atoms with Crippen molar-refractivity contribution in [3.05, 3.63) is 71.4 Å². The summed E-state index contributed by atoms with van der Waals surface area (Å²) in [5.41, 5.74) is 1.86. The lowest BCUT2D eigenvalue weighted by atomic mass is 9.98. The highest BCUT2D eigenvalue weighted by Crippen LogP contribution is 2.40. The topological polar surface area (TPSA) is 42.3 Å². The second kappa shape index (κ2) is 8.08. The quantitative estimate of drug-likeness (QED) is 0.479. The van der Waals surface area contributed by atoms with Crippen molar-refractivity contribution in [2.24, 2.45) is 0 Å². The lowest BCUT2D eigenvalue weighted by Gasteiger charge is -2.29.